The van der Waals surface area contributed by atoms with Gasteiger partial charge >= 0.3 is 0 Å². The van der Waals surface area contributed by atoms with Crippen LogP contribution in [0, 0.1) is 0 Å². The molecule has 10 nitrogen and oxygen atoms in total. The molecule has 2 aromatic heterocycles. The smallest absolute Gasteiger partial charge is 0.300 e. The Morgan fingerprint density at radius 1 is 1.05 bits per heavy atom. The number of anilines is 2. The van der Waals surface area contributed by atoms with E-state index in [1.807, 2.05) is 12.1 Å². The number of nitrogens with one attached hydrogen (secondary N) is 2. The summed E-state index contributed by atoms with van der Waals surface area (Å²) in [6.07, 6.45) is 1.53. The van der Waals surface area contributed by atoms with Crippen molar-refractivity contribution in [1.29, 1.82) is 0 Å². The third-order valence-corrected chi connectivity index (χ3v) is 7.17. The van der Waals surface area contributed by atoms with Crippen molar-refractivity contribution in [1.82, 2.24) is 30.0 Å². The number of carbonyl (C=O) groups excluding carboxylic acids is 1. The van der Waals surface area contributed by atoms with Crippen molar-refractivity contribution in [3.63, 3.8) is 0 Å². The van der Waals surface area contributed by atoms with E-state index in [1.165, 1.54) is 6.20 Å². The van der Waals surface area contributed by atoms with Gasteiger partial charge in [0.25, 0.3) is 11.9 Å². The molecule has 40 heavy (non-hydrogen) atoms. The van der Waals surface area contributed by atoms with Crippen molar-refractivity contribution in [3.8, 4) is 11.5 Å². The molecule has 1 saturated heterocycles. The number of halogens is 1. The standard InChI is InChI=1S/C29H34ClN7O3/c1-31-28(38)26-18-23(8-9-32-26)39-22-5-7-27-25(17-22)34-29(40-27)33-21-4-6-24(30)20(16-21)19-37-14-12-36(13-15-37)11-10-35(2)3/h4-9,16-18H,10-15,19H2,1-3H3,(H,31,38)(H,33,34). The summed E-state index contributed by atoms with van der Waals surface area (Å²) in [5.41, 5.74) is 3.46. The first-order chi connectivity index (χ1) is 19.4. The van der Waals surface area contributed by atoms with Crippen LogP contribution < -0.4 is 15.4 Å². The Hall–Kier alpha value is -3.70. The highest BCUT2D eigenvalue weighted by atomic mass is 35.5. The maximum absolute atomic E-state index is 11.9. The van der Waals surface area contributed by atoms with Crippen LogP contribution >= 0.6 is 11.6 Å². The normalized spacial score (nSPS) is 14.5. The summed E-state index contributed by atoms with van der Waals surface area (Å²) in [7, 11) is 5.78. The fraction of sp³-hybridized carbons (Fsp3) is 0.345. The monoisotopic (exact) mass is 563 g/mol. The zero-order valence-electron chi connectivity index (χ0n) is 23.0. The molecule has 2 aromatic carbocycles. The van der Waals surface area contributed by atoms with Gasteiger partial charge in [-0.2, -0.15) is 4.98 Å². The number of ether oxygens (including phenoxy) is 1. The van der Waals surface area contributed by atoms with E-state index in [-0.39, 0.29) is 11.6 Å². The minimum atomic E-state index is -0.281. The Morgan fingerprint density at radius 3 is 2.60 bits per heavy atom. The summed E-state index contributed by atoms with van der Waals surface area (Å²) in [4.78, 5) is 27.7. The van der Waals surface area contributed by atoms with Crippen molar-refractivity contribution in [2.24, 2.45) is 0 Å². The number of piperazine rings is 1. The van der Waals surface area contributed by atoms with E-state index in [0.717, 1.165) is 62.1 Å². The van der Waals surface area contributed by atoms with Gasteiger partial charge in [0.15, 0.2) is 5.58 Å². The number of oxazole rings is 1. The van der Waals surface area contributed by atoms with Crippen molar-refractivity contribution >= 4 is 40.3 Å². The van der Waals surface area contributed by atoms with Gasteiger partial charge in [0.2, 0.25) is 0 Å². The summed E-state index contributed by atoms with van der Waals surface area (Å²) >= 11 is 6.57. The van der Waals surface area contributed by atoms with Crippen LogP contribution in [0.2, 0.25) is 5.02 Å². The van der Waals surface area contributed by atoms with Gasteiger partial charge in [-0.1, -0.05) is 11.6 Å². The molecular formula is C29H34ClN7O3. The Kier molecular flexibility index (Phi) is 8.81. The van der Waals surface area contributed by atoms with Gasteiger partial charge < -0.3 is 24.7 Å². The van der Waals surface area contributed by atoms with E-state index in [1.54, 1.807) is 37.4 Å². The molecule has 3 heterocycles. The molecule has 0 radical (unpaired) electrons. The first-order valence-electron chi connectivity index (χ1n) is 13.3. The molecule has 1 aliphatic heterocycles. The highest BCUT2D eigenvalue weighted by Gasteiger charge is 2.18. The van der Waals surface area contributed by atoms with E-state index in [2.05, 4.69) is 55.5 Å². The lowest BCUT2D eigenvalue weighted by Gasteiger charge is -2.35. The number of fused-ring (bicyclic) bond motifs is 1. The van der Waals surface area contributed by atoms with Gasteiger partial charge in [0.05, 0.1) is 0 Å². The second-order valence-corrected chi connectivity index (χ2v) is 10.5. The number of nitrogens with zero attached hydrogens (tertiary/aromatic N) is 5. The molecule has 210 valence electrons. The van der Waals surface area contributed by atoms with E-state index < -0.39 is 0 Å². The van der Waals surface area contributed by atoms with Crippen LogP contribution in [0.4, 0.5) is 11.7 Å². The maximum Gasteiger partial charge on any atom is 0.300 e. The quantitative estimate of drug-likeness (QED) is 0.290. The number of likely N-dealkylation sites (N-methyl/N-ethyl adjacent to an activating group) is 1. The van der Waals surface area contributed by atoms with Crippen LogP contribution in [-0.4, -0.2) is 91.0 Å². The second-order valence-electron chi connectivity index (χ2n) is 10.1. The molecule has 11 heteroatoms. The molecular weight excluding hydrogens is 530 g/mol. The molecule has 2 N–H and O–H groups in total. The lowest BCUT2D eigenvalue weighted by molar-refractivity contribution is 0.0958. The minimum absolute atomic E-state index is 0.276. The fourth-order valence-electron chi connectivity index (χ4n) is 4.54. The Balaban J connectivity index is 1.22. The highest BCUT2D eigenvalue weighted by molar-refractivity contribution is 6.31. The summed E-state index contributed by atoms with van der Waals surface area (Å²) in [5.74, 6) is 0.784. The van der Waals surface area contributed by atoms with Crippen LogP contribution in [0.5, 0.6) is 11.5 Å². The molecule has 0 bridgehead atoms. The van der Waals surface area contributed by atoms with Crippen molar-refractivity contribution in [2.45, 2.75) is 6.54 Å². The van der Waals surface area contributed by atoms with Crippen molar-refractivity contribution in [2.75, 3.05) is 65.7 Å². The van der Waals surface area contributed by atoms with Crippen LogP contribution in [-0.2, 0) is 6.54 Å². The van der Waals surface area contributed by atoms with Crippen molar-refractivity contribution < 1.29 is 13.9 Å². The molecule has 1 amide bonds. The molecule has 1 fully saturated rings. The second kappa shape index (κ2) is 12.6. The zero-order valence-corrected chi connectivity index (χ0v) is 23.7. The molecule has 0 aliphatic carbocycles. The number of carbonyl (C=O) groups is 1. The van der Waals surface area contributed by atoms with Crippen molar-refractivity contribution in [3.05, 3.63) is 71.0 Å². The van der Waals surface area contributed by atoms with Crippen LogP contribution in [0.15, 0.2) is 59.1 Å². The number of hydrogen-bond acceptors (Lipinski definition) is 9. The van der Waals surface area contributed by atoms with Crippen LogP contribution in [0.1, 0.15) is 16.1 Å². The number of amides is 1. The van der Waals surface area contributed by atoms with Crippen LogP contribution in [0.3, 0.4) is 0 Å². The van der Waals surface area contributed by atoms with Gasteiger partial charge in [-0.25, -0.2) is 0 Å². The lowest BCUT2D eigenvalue weighted by atomic mass is 10.1. The van der Waals surface area contributed by atoms with Crippen LogP contribution in [0.25, 0.3) is 11.1 Å². The topological polar surface area (TPSA) is 99.0 Å². The summed E-state index contributed by atoms with van der Waals surface area (Å²) < 4.78 is 11.9. The molecule has 0 unspecified atom stereocenters. The number of pyridine rings is 1. The fourth-order valence-corrected chi connectivity index (χ4v) is 4.71. The first kappa shape index (κ1) is 27.9. The van der Waals surface area contributed by atoms with E-state index in [4.69, 9.17) is 20.8 Å². The molecule has 4 aromatic rings. The van der Waals surface area contributed by atoms with E-state index >= 15 is 0 Å². The van der Waals surface area contributed by atoms with Gasteiger partial charge in [-0.05, 0) is 56.1 Å². The predicted molar refractivity (Wildman–Crippen MR) is 157 cm³/mol. The average Bonchev–Trinajstić information content (AvgIpc) is 3.35. The Labute approximate surface area is 238 Å². The Bertz CT molecular complexity index is 1470. The molecule has 5 rings (SSSR count). The van der Waals surface area contributed by atoms with E-state index in [9.17, 15) is 4.79 Å². The summed E-state index contributed by atoms with van der Waals surface area (Å²) in [6.45, 7) is 7.13. The molecule has 0 atom stereocenters. The third kappa shape index (κ3) is 7.08. The van der Waals surface area contributed by atoms with Gasteiger partial charge in [-0.3, -0.25) is 19.6 Å². The number of aromatic nitrogens is 2. The lowest BCUT2D eigenvalue weighted by Crippen LogP contribution is -2.47. The van der Waals surface area contributed by atoms with Gasteiger partial charge in [-0.15, -0.1) is 0 Å². The third-order valence-electron chi connectivity index (χ3n) is 6.81. The maximum atomic E-state index is 11.9. The average molecular weight is 564 g/mol. The molecule has 0 saturated carbocycles. The summed E-state index contributed by atoms with van der Waals surface area (Å²) in [6, 6.07) is 14.9. The number of hydrogen-bond donors (Lipinski definition) is 2. The summed E-state index contributed by atoms with van der Waals surface area (Å²) in [5, 5.41) is 6.57. The SMILES string of the molecule is CNC(=O)c1cc(Oc2ccc3oc(Nc4ccc(Cl)c(CN5CCN(CCN(C)C)CC5)c4)nc3c2)ccn1. The highest BCUT2D eigenvalue weighted by Crippen LogP contribution is 2.30. The zero-order chi connectivity index (χ0) is 28.1. The predicted octanol–water partition coefficient (Wildman–Crippen LogP) is 4.45. The van der Waals surface area contributed by atoms with Gasteiger partial charge in [0, 0.05) is 81.9 Å². The molecule has 1 aliphatic rings. The first-order valence-corrected chi connectivity index (χ1v) is 13.7. The number of benzene rings is 2. The van der Waals surface area contributed by atoms with Gasteiger partial charge in [0.1, 0.15) is 22.7 Å². The number of rotatable bonds is 10. The largest absolute Gasteiger partial charge is 0.457 e. The Morgan fingerprint density at radius 2 is 1.82 bits per heavy atom. The minimum Gasteiger partial charge on any atom is -0.457 e. The molecule has 0 spiro atoms. The van der Waals surface area contributed by atoms with E-state index in [0.29, 0.717) is 28.6 Å².